The van der Waals surface area contributed by atoms with Crippen LogP contribution < -0.4 is 5.56 Å². The number of pyridine rings is 1. The Morgan fingerprint density at radius 3 is 2.64 bits per heavy atom. The van der Waals surface area contributed by atoms with E-state index in [1.807, 2.05) is 16.7 Å². The van der Waals surface area contributed by atoms with Crippen LogP contribution in [0.2, 0.25) is 0 Å². The van der Waals surface area contributed by atoms with Crippen LogP contribution in [0.25, 0.3) is 22.3 Å². The Balaban J connectivity index is 1.84. The Morgan fingerprint density at radius 1 is 1.14 bits per heavy atom. The fraction of sp³-hybridized carbons (Fsp3) is 0.235. The van der Waals surface area contributed by atoms with E-state index in [1.54, 1.807) is 18.5 Å². The van der Waals surface area contributed by atoms with Gasteiger partial charge in [-0.25, -0.2) is 9.37 Å². The molecule has 4 rings (SSSR count). The molecular formula is C17H14FN3O. The maximum Gasteiger partial charge on any atom is 0.299 e. The highest BCUT2D eigenvalue weighted by atomic mass is 19.1. The van der Waals surface area contributed by atoms with Gasteiger partial charge in [-0.15, -0.1) is 0 Å². The van der Waals surface area contributed by atoms with Crippen molar-refractivity contribution in [3.63, 3.8) is 0 Å². The number of aromatic nitrogens is 3. The molecule has 0 spiro atoms. The zero-order valence-electron chi connectivity index (χ0n) is 11.9. The number of rotatable bonds is 3. The van der Waals surface area contributed by atoms with Gasteiger partial charge in [0.25, 0.3) is 5.56 Å². The summed E-state index contributed by atoms with van der Waals surface area (Å²) in [5, 5.41) is 0. The van der Waals surface area contributed by atoms with Crippen LogP contribution in [-0.4, -0.2) is 14.5 Å². The molecule has 2 aromatic heterocycles. The number of hydrogen-bond donors (Lipinski definition) is 0. The molecule has 0 amide bonds. The van der Waals surface area contributed by atoms with Crippen LogP contribution >= 0.6 is 0 Å². The minimum absolute atomic E-state index is 0.294. The van der Waals surface area contributed by atoms with Gasteiger partial charge in [0.2, 0.25) is 0 Å². The van der Waals surface area contributed by atoms with E-state index in [4.69, 9.17) is 0 Å². The molecule has 0 atom stereocenters. The van der Waals surface area contributed by atoms with E-state index in [-0.39, 0.29) is 11.4 Å². The second kappa shape index (κ2) is 5.02. The third-order valence-electron chi connectivity index (χ3n) is 3.99. The summed E-state index contributed by atoms with van der Waals surface area (Å²) >= 11 is 0. The maximum absolute atomic E-state index is 13.0. The summed E-state index contributed by atoms with van der Waals surface area (Å²) in [6.07, 6.45) is 4.06. The van der Waals surface area contributed by atoms with Crippen molar-refractivity contribution in [2.24, 2.45) is 5.92 Å². The van der Waals surface area contributed by atoms with Crippen molar-refractivity contribution in [3.8, 4) is 11.3 Å². The van der Waals surface area contributed by atoms with Gasteiger partial charge in [0.15, 0.2) is 5.52 Å². The SMILES string of the molecule is O=c1ncn(CC2CC2)c2ccc(-c3ccc(F)cc3)nc12. The van der Waals surface area contributed by atoms with Crippen LogP contribution in [0.3, 0.4) is 0 Å². The standard InChI is InChI=1S/C17H14FN3O/c18-13-5-3-12(4-6-13)14-7-8-15-16(20-14)17(22)19-10-21(15)9-11-1-2-11/h3-8,10-11H,1-2,9H2. The molecule has 22 heavy (non-hydrogen) atoms. The highest BCUT2D eigenvalue weighted by Crippen LogP contribution is 2.31. The van der Waals surface area contributed by atoms with E-state index >= 15 is 0 Å². The molecule has 3 aromatic rings. The molecule has 5 heteroatoms. The second-order valence-corrected chi connectivity index (χ2v) is 5.72. The molecule has 1 aliphatic carbocycles. The van der Waals surface area contributed by atoms with E-state index in [0.29, 0.717) is 17.1 Å². The molecule has 0 N–H and O–H groups in total. The summed E-state index contributed by atoms with van der Waals surface area (Å²) in [7, 11) is 0. The molecule has 2 heterocycles. The third kappa shape index (κ3) is 2.39. The quantitative estimate of drug-likeness (QED) is 0.746. The maximum atomic E-state index is 13.0. The summed E-state index contributed by atoms with van der Waals surface area (Å²) in [5.74, 6) is 0.391. The van der Waals surface area contributed by atoms with Crippen LogP contribution in [-0.2, 0) is 6.54 Å². The van der Waals surface area contributed by atoms with Crippen molar-refractivity contribution in [3.05, 3.63) is 58.9 Å². The molecule has 0 unspecified atom stereocenters. The first-order valence-corrected chi connectivity index (χ1v) is 7.33. The lowest BCUT2D eigenvalue weighted by Gasteiger charge is -2.09. The molecule has 1 aliphatic rings. The van der Waals surface area contributed by atoms with E-state index in [1.165, 1.54) is 25.0 Å². The highest BCUT2D eigenvalue weighted by molar-refractivity contribution is 5.77. The highest BCUT2D eigenvalue weighted by Gasteiger charge is 2.22. The van der Waals surface area contributed by atoms with Gasteiger partial charge in [0.1, 0.15) is 5.82 Å². The first-order chi connectivity index (χ1) is 10.7. The van der Waals surface area contributed by atoms with Gasteiger partial charge < -0.3 is 4.57 Å². The lowest BCUT2D eigenvalue weighted by molar-refractivity contribution is 0.628. The molecule has 1 fully saturated rings. The predicted octanol–water partition coefficient (Wildman–Crippen LogP) is 3.01. The number of hydrogen-bond acceptors (Lipinski definition) is 3. The Kier molecular flexibility index (Phi) is 2.99. The van der Waals surface area contributed by atoms with Crippen molar-refractivity contribution in [1.29, 1.82) is 0 Å². The molecule has 110 valence electrons. The molecule has 0 saturated heterocycles. The predicted molar refractivity (Wildman–Crippen MR) is 81.9 cm³/mol. The fourth-order valence-electron chi connectivity index (χ4n) is 2.59. The van der Waals surface area contributed by atoms with Crippen LogP contribution in [0.5, 0.6) is 0 Å². The van der Waals surface area contributed by atoms with Crippen LogP contribution in [0.4, 0.5) is 4.39 Å². The van der Waals surface area contributed by atoms with E-state index < -0.39 is 0 Å². The number of benzene rings is 1. The van der Waals surface area contributed by atoms with Crippen molar-refractivity contribution < 1.29 is 4.39 Å². The van der Waals surface area contributed by atoms with E-state index in [2.05, 4.69) is 9.97 Å². The van der Waals surface area contributed by atoms with E-state index in [9.17, 15) is 9.18 Å². The summed E-state index contributed by atoms with van der Waals surface area (Å²) in [6, 6.07) is 9.84. The monoisotopic (exact) mass is 295 g/mol. The third-order valence-corrected chi connectivity index (χ3v) is 3.99. The van der Waals surface area contributed by atoms with E-state index in [0.717, 1.165) is 17.6 Å². The minimum atomic E-state index is -0.328. The number of fused-ring (bicyclic) bond motifs is 1. The summed E-state index contributed by atoms with van der Waals surface area (Å²) in [6.45, 7) is 0.876. The Bertz CT molecular complexity index is 898. The largest absolute Gasteiger partial charge is 0.330 e. The average Bonchev–Trinajstić information content (AvgIpc) is 3.35. The van der Waals surface area contributed by atoms with Crippen LogP contribution in [0, 0.1) is 11.7 Å². The van der Waals surface area contributed by atoms with Gasteiger partial charge in [-0.1, -0.05) is 0 Å². The molecule has 1 aromatic carbocycles. The molecule has 0 radical (unpaired) electrons. The molecule has 0 aliphatic heterocycles. The van der Waals surface area contributed by atoms with Crippen molar-refractivity contribution in [2.75, 3.05) is 0 Å². The van der Waals surface area contributed by atoms with Gasteiger partial charge in [-0.05, 0) is 55.2 Å². The summed E-state index contributed by atoms with van der Waals surface area (Å²) in [4.78, 5) is 20.4. The zero-order chi connectivity index (χ0) is 15.1. The molecule has 1 saturated carbocycles. The topological polar surface area (TPSA) is 47.8 Å². The van der Waals surface area contributed by atoms with Crippen molar-refractivity contribution >= 4 is 11.0 Å². The van der Waals surface area contributed by atoms with Gasteiger partial charge in [-0.2, -0.15) is 4.98 Å². The Labute approximate surface area is 126 Å². The normalized spacial score (nSPS) is 14.4. The zero-order valence-corrected chi connectivity index (χ0v) is 11.9. The number of halogens is 1. The minimum Gasteiger partial charge on any atom is -0.330 e. The lowest BCUT2D eigenvalue weighted by Crippen LogP contribution is -2.14. The van der Waals surface area contributed by atoms with Crippen molar-refractivity contribution in [2.45, 2.75) is 19.4 Å². The van der Waals surface area contributed by atoms with Gasteiger partial charge in [0.05, 0.1) is 17.5 Å². The first kappa shape index (κ1) is 13.1. The van der Waals surface area contributed by atoms with Crippen LogP contribution in [0.15, 0.2) is 47.5 Å². The average molecular weight is 295 g/mol. The Morgan fingerprint density at radius 2 is 1.91 bits per heavy atom. The first-order valence-electron chi connectivity index (χ1n) is 7.33. The van der Waals surface area contributed by atoms with Gasteiger partial charge in [0, 0.05) is 12.1 Å². The molecule has 0 bridgehead atoms. The van der Waals surface area contributed by atoms with Crippen molar-refractivity contribution in [1.82, 2.24) is 14.5 Å². The molecular weight excluding hydrogens is 281 g/mol. The lowest BCUT2D eigenvalue weighted by atomic mass is 10.1. The van der Waals surface area contributed by atoms with Gasteiger partial charge in [-0.3, -0.25) is 4.79 Å². The summed E-state index contributed by atoms with van der Waals surface area (Å²) < 4.78 is 15.0. The van der Waals surface area contributed by atoms with Crippen LogP contribution in [0.1, 0.15) is 12.8 Å². The molecule has 4 nitrogen and oxygen atoms in total. The smallest absolute Gasteiger partial charge is 0.299 e. The summed E-state index contributed by atoms with van der Waals surface area (Å²) in [5.41, 5.74) is 2.27. The van der Waals surface area contributed by atoms with Gasteiger partial charge >= 0.3 is 0 Å². The second-order valence-electron chi connectivity index (χ2n) is 5.72. The fourth-order valence-corrected chi connectivity index (χ4v) is 2.59. The number of nitrogens with zero attached hydrogens (tertiary/aromatic N) is 3. The Hall–Kier alpha value is -2.56.